The normalized spacial score (nSPS) is 14.5. The van der Waals surface area contributed by atoms with Crippen LogP contribution in [0.4, 0.5) is 0 Å². The Bertz CT molecular complexity index is 608. The molecule has 1 aliphatic rings. The summed E-state index contributed by atoms with van der Waals surface area (Å²) in [6, 6.07) is 9.30. The van der Waals surface area contributed by atoms with Crippen LogP contribution in [0.2, 0.25) is 0 Å². The maximum atomic E-state index is 4.44. The Labute approximate surface area is 124 Å². The summed E-state index contributed by atoms with van der Waals surface area (Å²) >= 11 is 1.63. The molecule has 0 unspecified atom stereocenters. The molecule has 1 aromatic heterocycles. The summed E-state index contributed by atoms with van der Waals surface area (Å²) in [5.74, 6) is 0. The van der Waals surface area contributed by atoms with Crippen LogP contribution in [0.25, 0.3) is 0 Å². The molecule has 1 fully saturated rings. The smallest absolute Gasteiger partial charge is 0.192 e. The third-order valence-electron chi connectivity index (χ3n) is 3.39. The Balaban J connectivity index is 1.69. The van der Waals surface area contributed by atoms with Crippen molar-refractivity contribution in [2.24, 2.45) is 0 Å². The second-order valence-corrected chi connectivity index (χ2v) is 6.35. The predicted octanol–water partition coefficient (Wildman–Crippen LogP) is 3.50. The van der Waals surface area contributed by atoms with Gasteiger partial charge in [-0.3, -0.25) is 0 Å². The fourth-order valence-corrected chi connectivity index (χ4v) is 2.91. The van der Waals surface area contributed by atoms with Crippen molar-refractivity contribution in [2.75, 3.05) is 0 Å². The van der Waals surface area contributed by atoms with Gasteiger partial charge in [-0.05, 0) is 61.7 Å². The van der Waals surface area contributed by atoms with Gasteiger partial charge in [0, 0.05) is 29.4 Å². The van der Waals surface area contributed by atoms with E-state index in [9.17, 15) is 0 Å². The van der Waals surface area contributed by atoms with E-state index in [1.165, 1.54) is 28.9 Å². The van der Waals surface area contributed by atoms with Gasteiger partial charge in [0.1, 0.15) is 0 Å². The molecule has 4 heteroatoms. The number of hydrogen-bond donors (Lipinski definition) is 1. The Morgan fingerprint density at radius 2 is 2.10 bits per heavy atom. The van der Waals surface area contributed by atoms with Crippen LogP contribution < -0.4 is 5.32 Å². The quantitative estimate of drug-likeness (QED) is 0.853. The molecule has 1 saturated carbocycles. The number of benzene rings is 1. The lowest BCUT2D eigenvalue weighted by molar-refractivity contribution is 0.687. The van der Waals surface area contributed by atoms with Crippen LogP contribution >= 0.6 is 11.8 Å². The van der Waals surface area contributed by atoms with Gasteiger partial charge in [0.2, 0.25) is 0 Å². The van der Waals surface area contributed by atoms with Crippen LogP contribution in [0.15, 0.2) is 40.5 Å². The molecule has 0 radical (unpaired) electrons. The van der Waals surface area contributed by atoms with E-state index >= 15 is 0 Å². The van der Waals surface area contributed by atoms with Crippen molar-refractivity contribution in [3.05, 3.63) is 47.3 Å². The van der Waals surface area contributed by atoms with E-state index in [0.29, 0.717) is 0 Å². The van der Waals surface area contributed by atoms with Gasteiger partial charge in [-0.25, -0.2) is 9.97 Å². The molecule has 104 valence electrons. The summed E-state index contributed by atoms with van der Waals surface area (Å²) in [7, 11) is 0. The minimum absolute atomic E-state index is 0.755. The topological polar surface area (TPSA) is 37.8 Å². The molecule has 3 nitrogen and oxygen atoms in total. The van der Waals surface area contributed by atoms with Crippen LogP contribution in [0.5, 0.6) is 0 Å². The van der Waals surface area contributed by atoms with Gasteiger partial charge in [-0.2, -0.15) is 0 Å². The summed E-state index contributed by atoms with van der Waals surface area (Å²) in [6.45, 7) is 5.11. The number of aromatic nitrogens is 2. The minimum Gasteiger partial charge on any atom is -0.310 e. The fraction of sp³-hybridized carbons (Fsp3) is 0.375. The molecule has 0 amide bonds. The monoisotopic (exact) mass is 285 g/mol. The average molecular weight is 285 g/mol. The summed E-state index contributed by atoms with van der Waals surface area (Å²) in [5.41, 5.74) is 3.64. The highest BCUT2D eigenvalue weighted by Crippen LogP contribution is 2.28. The third kappa shape index (κ3) is 3.58. The first-order chi connectivity index (χ1) is 9.70. The van der Waals surface area contributed by atoms with Gasteiger partial charge in [-0.1, -0.05) is 12.1 Å². The zero-order valence-electron chi connectivity index (χ0n) is 11.9. The Morgan fingerprint density at radius 3 is 2.80 bits per heavy atom. The van der Waals surface area contributed by atoms with Crippen molar-refractivity contribution in [1.29, 1.82) is 0 Å². The van der Waals surface area contributed by atoms with Crippen molar-refractivity contribution < 1.29 is 0 Å². The van der Waals surface area contributed by atoms with Crippen molar-refractivity contribution in [2.45, 2.75) is 49.3 Å². The Morgan fingerprint density at radius 1 is 1.25 bits per heavy atom. The number of rotatable bonds is 5. The molecule has 3 rings (SSSR count). The van der Waals surface area contributed by atoms with Crippen molar-refractivity contribution in [1.82, 2.24) is 15.3 Å². The number of nitrogens with zero attached hydrogens (tertiary/aromatic N) is 2. The van der Waals surface area contributed by atoms with E-state index in [2.05, 4.69) is 40.4 Å². The van der Waals surface area contributed by atoms with Gasteiger partial charge in [0.15, 0.2) is 5.16 Å². The molecule has 20 heavy (non-hydrogen) atoms. The van der Waals surface area contributed by atoms with Crippen molar-refractivity contribution in [3.8, 4) is 0 Å². The van der Waals surface area contributed by atoms with Gasteiger partial charge >= 0.3 is 0 Å². The lowest BCUT2D eigenvalue weighted by atomic mass is 10.1. The Hall–Kier alpha value is -1.39. The molecule has 0 aliphatic heterocycles. The second kappa shape index (κ2) is 5.94. The van der Waals surface area contributed by atoms with Crippen molar-refractivity contribution >= 4 is 11.8 Å². The summed E-state index contributed by atoms with van der Waals surface area (Å²) < 4.78 is 0. The number of hydrogen-bond acceptors (Lipinski definition) is 4. The van der Waals surface area contributed by atoms with Crippen LogP contribution in [0.1, 0.15) is 29.7 Å². The van der Waals surface area contributed by atoms with Crippen LogP contribution in [-0.2, 0) is 6.54 Å². The highest BCUT2D eigenvalue weighted by atomic mass is 32.2. The molecular weight excluding hydrogens is 266 g/mol. The summed E-state index contributed by atoms with van der Waals surface area (Å²) in [5, 5.41) is 4.36. The SMILES string of the molecule is Cc1ccnc(Sc2ccc(CNC3CC3)cc2C)n1. The van der Waals surface area contributed by atoms with Crippen LogP contribution in [-0.4, -0.2) is 16.0 Å². The van der Waals surface area contributed by atoms with Gasteiger partial charge < -0.3 is 5.32 Å². The molecule has 1 heterocycles. The second-order valence-electron chi connectivity index (χ2n) is 5.34. The van der Waals surface area contributed by atoms with Gasteiger partial charge in [0.05, 0.1) is 0 Å². The molecule has 0 saturated heterocycles. The molecule has 0 bridgehead atoms. The highest BCUT2D eigenvalue weighted by molar-refractivity contribution is 7.99. The molecule has 1 aromatic carbocycles. The zero-order valence-corrected chi connectivity index (χ0v) is 12.7. The van der Waals surface area contributed by atoms with E-state index in [4.69, 9.17) is 0 Å². The van der Waals surface area contributed by atoms with E-state index in [1.54, 1.807) is 11.8 Å². The van der Waals surface area contributed by atoms with E-state index in [-0.39, 0.29) is 0 Å². The molecule has 2 aromatic rings. The Kier molecular flexibility index (Phi) is 4.03. The first-order valence-electron chi connectivity index (χ1n) is 7.01. The number of aryl methyl sites for hydroxylation is 2. The molecule has 1 N–H and O–H groups in total. The molecule has 0 spiro atoms. The highest BCUT2D eigenvalue weighted by Gasteiger charge is 2.19. The standard InChI is InChI=1S/C16H19N3S/c1-11-9-13(10-18-14-4-5-14)3-6-15(11)20-16-17-8-7-12(2)19-16/h3,6-9,14,18H,4-5,10H2,1-2H3. The minimum atomic E-state index is 0.755. The molecule has 0 atom stereocenters. The van der Waals surface area contributed by atoms with Gasteiger partial charge in [-0.15, -0.1) is 0 Å². The number of nitrogens with one attached hydrogen (secondary N) is 1. The van der Waals surface area contributed by atoms with Gasteiger partial charge in [0.25, 0.3) is 0 Å². The zero-order chi connectivity index (χ0) is 13.9. The van der Waals surface area contributed by atoms with Crippen LogP contribution in [0.3, 0.4) is 0 Å². The van der Waals surface area contributed by atoms with E-state index < -0.39 is 0 Å². The maximum absolute atomic E-state index is 4.44. The molecular formula is C16H19N3S. The lowest BCUT2D eigenvalue weighted by Crippen LogP contribution is -2.15. The fourth-order valence-electron chi connectivity index (χ4n) is 2.06. The summed E-state index contributed by atoms with van der Waals surface area (Å²) in [6.07, 6.45) is 4.48. The lowest BCUT2D eigenvalue weighted by Gasteiger charge is -2.08. The van der Waals surface area contributed by atoms with E-state index in [1.807, 2.05) is 19.2 Å². The maximum Gasteiger partial charge on any atom is 0.192 e. The van der Waals surface area contributed by atoms with Crippen molar-refractivity contribution in [3.63, 3.8) is 0 Å². The third-order valence-corrected chi connectivity index (χ3v) is 4.44. The largest absolute Gasteiger partial charge is 0.310 e. The molecule has 1 aliphatic carbocycles. The average Bonchev–Trinajstić information content (AvgIpc) is 3.23. The summed E-state index contributed by atoms with van der Waals surface area (Å²) in [4.78, 5) is 9.97. The van der Waals surface area contributed by atoms with E-state index in [0.717, 1.165) is 23.4 Å². The van der Waals surface area contributed by atoms with Crippen LogP contribution in [0, 0.1) is 13.8 Å². The predicted molar refractivity (Wildman–Crippen MR) is 81.9 cm³/mol. The first kappa shape index (κ1) is 13.6. The first-order valence-corrected chi connectivity index (χ1v) is 7.83.